The molecule has 0 bridgehead atoms. The summed E-state index contributed by atoms with van der Waals surface area (Å²) in [6.45, 7) is 4.92. The quantitative estimate of drug-likeness (QED) is 0.571. The first-order valence-corrected chi connectivity index (χ1v) is 4.51. The molecule has 0 radical (unpaired) electrons. The molecule has 2 aliphatic carbocycles. The van der Waals surface area contributed by atoms with E-state index in [1.165, 1.54) is 31.3 Å². The minimum Gasteiger partial charge on any atom is -0.306 e. The van der Waals surface area contributed by atoms with E-state index in [-0.39, 0.29) is 0 Å². The fourth-order valence-corrected chi connectivity index (χ4v) is 2.02. The first-order valence-electron chi connectivity index (χ1n) is 4.51. The van der Waals surface area contributed by atoms with Gasteiger partial charge in [-0.3, -0.25) is 0 Å². The Balaban J connectivity index is 1.60. The van der Waals surface area contributed by atoms with Crippen LogP contribution >= 0.6 is 0 Å². The molecule has 2 unspecified atom stereocenters. The van der Waals surface area contributed by atoms with Crippen LogP contribution in [0.3, 0.4) is 0 Å². The van der Waals surface area contributed by atoms with E-state index in [0.717, 1.165) is 5.92 Å². The molecule has 2 aliphatic rings. The van der Waals surface area contributed by atoms with Gasteiger partial charge in [-0.15, -0.1) is 0 Å². The highest BCUT2D eigenvalue weighted by molar-refractivity contribution is 5.12. The van der Waals surface area contributed by atoms with Crippen LogP contribution in [0.1, 0.15) is 19.8 Å². The van der Waals surface area contributed by atoms with Gasteiger partial charge in [0.2, 0.25) is 0 Å². The van der Waals surface area contributed by atoms with Crippen molar-refractivity contribution in [2.45, 2.75) is 19.8 Å². The van der Waals surface area contributed by atoms with Gasteiger partial charge in [-0.05, 0) is 44.2 Å². The van der Waals surface area contributed by atoms with Crippen LogP contribution in [0.25, 0.3) is 0 Å². The van der Waals surface area contributed by atoms with Crippen LogP contribution in [-0.4, -0.2) is 25.0 Å². The lowest BCUT2D eigenvalue weighted by Crippen LogP contribution is -2.23. The Bertz CT molecular complexity index is 125. The van der Waals surface area contributed by atoms with E-state index >= 15 is 0 Å². The van der Waals surface area contributed by atoms with Gasteiger partial charge < -0.3 is 4.90 Å². The summed E-state index contributed by atoms with van der Waals surface area (Å²) in [6, 6.07) is 0. The largest absolute Gasteiger partial charge is 0.306 e. The van der Waals surface area contributed by atoms with Gasteiger partial charge in [0.05, 0.1) is 0 Å². The van der Waals surface area contributed by atoms with E-state index in [9.17, 15) is 0 Å². The smallest absolute Gasteiger partial charge is 0.00121 e. The summed E-state index contributed by atoms with van der Waals surface area (Å²) in [4.78, 5) is 2.48. The van der Waals surface area contributed by atoms with E-state index in [0.29, 0.717) is 0 Å². The van der Waals surface area contributed by atoms with E-state index in [2.05, 4.69) is 18.9 Å². The van der Waals surface area contributed by atoms with Gasteiger partial charge >= 0.3 is 0 Å². The zero-order valence-corrected chi connectivity index (χ0v) is 7.01. The van der Waals surface area contributed by atoms with Gasteiger partial charge in [0.1, 0.15) is 0 Å². The monoisotopic (exact) mass is 139 g/mol. The second-order valence-corrected chi connectivity index (χ2v) is 3.99. The predicted molar refractivity (Wildman–Crippen MR) is 42.9 cm³/mol. The molecule has 0 aromatic rings. The molecular formula is C9H17N. The lowest BCUT2D eigenvalue weighted by atomic mass is 10.2. The van der Waals surface area contributed by atoms with Gasteiger partial charge in [-0.1, -0.05) is 6.92 Å². The van der Waals surface area contributed by atoms with Crippen LogP contribution in [0.5, 0.6) is 0 Å². The van der Waals surface area contributed by atoms with Crippen LogP contribution < -0.4 is 0 Å². The summed E-state index contributed by atoms with van der Waals surface area (Å²) in [6.07, 6.45) is 2.86. The number of rotatable bonds is 4. The molecule has 1 heteroatoms. The lowest BCUT2D eigenvalue weighted by molar-refractivity contribution is 0.297. The maximum Gasteiger partial charge on any atom is 0.00121 e. The maximum atomic E-state index is 2.48. The Morgan fingerprint density at radius 1 is 1.40 bits per heavy atom. The molecule has 0 saturated heterocycles. The van der Waals surface area contributed by atoms with Crippen molar-refractivity contribution < 1.29 is 0 Å². The first kappa shape index (κ1) is 6.66. The van der Waals surface area contributed by atoms with Crippen LogP contribution in [0.2, 0.25) is 0 Å². The van der Waals surface area contributed by atoms with Crippen LogP contribution in [0, 0.1) is 17.8 Å². The Kier molecular flexibility index (Phi) is 1.48. The molecular weight excluding hydrogens is 122 g/mol. The zero-order valence-electron chi connectivity index (χ0n) is 7.01. The Labute approximate surface area is 63.4 Å². The van der Waals surface area contributed by atoms with Crippen molar-refractivity contribution >= 4 is 0 Å². The lowest BCUT2D eigenvalue weighted by Gasteiger charge is -2.16. The molecule has 0 heterocycles. The summed E-state index contributed by atoms with van der Waals surface area (Å²) in [5.41, 5.74) is 0. The maximum absolute atomic E-state index is 2.48. The first-order chi connectivity index (χ1) is 4.83. The Morgan fingerprint density at radius 2 is 2.10 bits per heavy atom. The fraction of sp³-hybridized carbons (Fsp3) is 1.00. The third kappa shape index (κ3) is 1.07. The van der Waals surface area contributed by atoms with Gasteiger partial charge in [0.25, 0.3) is 0 Å². The van der Waals surface area contributed by atoms with E-state index < -0.39 is 0 Å². The van der Waals surface area contributed by atoms with Crippen LogP contribution in [-0.2, 0) is 0 Å². The third-order valence-corrected chi connectivity index (χ3v) is 2.98. The Hall–Kier alpha value is -0.0400. The summed E-state index contributed by atoms with van der Waals surface area (Å²) >= 11 is 0. The molecule has 2 fully saturated rings. The highest BCUT2D eigenvalue weighted by Crippen LogP contribution is 2.68. The number of nitrogens with zero attached hydrogens (tertiary/aromatic N) is 1. The Morgan fingerprint density at radius 3 is 2.50 bits per heavy atom. The summed E-state index contributed by atoms with van der Waals surface area (Å²) in [7, 11) is 2.25. The molecule has 0 spiro atoms. The molecule has 2 rings (SSSR count). The van der Waals surface area contributed by atoms with Gasteiger partial charge in [-0.2, -0.15) is 0 Å². The second kappa shape index (κ2) is 2.23. The summed E-state index contributed by atoms with van der Waals surface area (Å²) < 4.78 is 0. The number of fused-ring (bicyclic) bond motifs is 1. The molecule has 0 amide bonds. The van der Waals surface area contributed by atoms with Crippen molar-refractivity contribution in [1.82, 2.24) is 4.90 Å². The molecule has 58 valence electrons. The molecule has 0 aliphatic heterocycles. The molecule has 0 N–H and O–H groups in total. The highest BCUT2D eigenvalue weighted by atomic mass is 15.1. The van der Waals surface area contributed by atoms with Gasteiger partial charge in [0, 0.05) is 6.54 Å². The molecule has 2 atom stereocenters. The van der Waals surface area contributed by atoms with Crippen molar-refractivity contribution in [2.75, 3.05) is 20.1 Å². The van der Waals surface area contributed by atoms with Crippen molar-refractivity contribution in [3.8, 4) is 0 Å². The highest BCUT2D eigenvalue weighted by Gasteiger charge is 2.63. The molecule has 0 aromatic carbocycles. The zero-order chi connectivity index (χ0) is 7.14. The van der Waals surface area contributed by atoms with Crippen molar-refractivity contribution in [1.29, 1.82) is 0 Å². The molecule has 1 nitrogen and oxygen atoms in total. The van der Waals surface area contributed by atoms with Crippen molar-refractivity contribution in [3.05, 3.63) is 0 Å². The standard InChI is InChI=1S/C9H17N/c1-3-4-10(2)6-9-7-5-8(7)9/h7-9H,3-6H2,1-2H3. The SMILES string of the molecule is CCCN(C)CC1C2CC21. The average molecular weight is 139 g/mol. The van der Waals surface area contributed by atoms with E-state index in [4.69, 9.17) is 0 Å². The van der Waals surface area contributed by atoms with Crippen molar-refractivity contribution in [3.63, 3.8) is 0 Å². The van der Waals surface area contributed by atoms with Gasteiger partial charge in [0.15, 0.2) is 0 Å². The average Bonchev–Trinajstić information content (AvgIpc) is 2.69. The molecule has 2 saturated carbocycles. The van der Waals surface area contributed by atoms with Crippen LogP contribution in [0.15, 0.2) is 0 Å². The second-order valence-electron chi connectivity index (χ2n) is 3.99. The minimum absolute atomic E-state index is 1.12. The normalized spacial score (nSPS) is 41.7. The minimum atomic E-state index is 1.12. The van der Waals surface area contributed by atoms with Gasteiger partial charge in [-0.25, -0.2) is 0 Å². The third-order valence-electron chi connectivity index (χ3n) is 2.98. The van der Waals surface area contributed by atoms with E-state index in [1.54, 1.807) is 6.42 Å². The van der Waals surface area contributed by atoms with E-state index in [1.807, 2.05) is 0 Å². The number of hydrogen-bond donors (Lipinski definition) is 0. The molecule has 0 aromatic heterocycles. The number of hydrogen-bond acceptors (Lipinski definition) is 1. The molecule has 10 heavy (non-hydrogen) atoms. The topological polar surface area (TPSA) is 3.24 Å². The predicted octanol–water partition coefficient (Wildman–Crippen LogP) is 1.59. The summed E-state index contributed by atoms with van der Waals surface area (Å²) in [5.74, 6) is 3.48. The fourth-order valence-electron chi connectivity index (χ4n) is 2.02. The van der Waals surface area contributed by atoms with Crippen LogP contribution in [0.4, 0.5) is 0 Å². The summed E-state index contributed by atoms with van der Waals surface area (Å²) in [5, 5.41) is 0. The van der Waals surface area contributed by atoms with Crippen molar-refractivity contribution in [2.24, 2.45) is 17.8 Å².